The summed E-state index contributed by atoms with van der Waals surface area (Å²) in [5, 5.41) is 0.633. The van der Waals surface area contributed by atoms with Crippen molar-refractivity contribution in [2.75, 3.05) is 20.0 Å². The van der Waals surface area contributed by atoms with Gasteiger partial charge in [-0.25, -0.2) is 4.98 Å². The predicted octanol–water partition coefficient (Wildman–Crippen LogP) is 4.91. The third-order valence-corrected chi connectivity index (χ3v) is 6.86. The maximum absolute atomic E-state index is 12.7. The lowest BCUT2D eigenvalue weighted by molar-refractivity contribution is -0.160. The fourth-order valence-corrected chi connectivity index (χ4v) is 4.73. The number of nitrogens with two attached hydrogens (primary N) is 1. The highest BCUT2D eigenvalue weighted by atomic mass is 35.5. The van der Waals surface area contributed by atoms with Crippen molar-refractivity contribution in [3.8, 4) is 5.69 Å². The normalized spacial score (nSPS) is 12.1. The van der Waals surface area contributed by atoms with Crippen LogP contribution >= 0.6 is 23.2 Å². The number of halogens is 2. The quantitative estimate of drug-likeness (QED) is 0.207. The van der Waals surface area contributed by atoms with Crippen LogP contribution in [-0.4, -0.2) is 40.7 Å². The molecule has 0 aliphatic rings. The van der Waals surface area contributed by atoms with Crippen LogP contribution in [0.15, 0.2) is 54.9 Å². The molecule has 2 aromatic heterocycles. The number of fused-ring (bicyclic) bond motifs is 1. The summed E-state index contributed by atoms with van der Waals surface area (Å²) < 4.78 is 11.9. The monoisotopic (exact) mass is 526 g/mol. The van der Waals surface area contributed by atoms with E-state index in [9.17, 15) is 9.59 Å². The van der Waals surface area contributed by atoms with Gasteiger partial charge < -0.3 is 15.2 Å². The van der Waals surface area contributed by atoms with Gasteiger partial charge >= 0.3 is 11.9 Å². The van der Waals surface area contributed by atoms with Crippen LogP contribution in [0.1, 0.15) is 22.9 Å². The number of rotatable bonds is 7. The molecule has 0 saturated carbocycles. The minimum atomic E-state index is -1.22. The molecule has 0 spiro atoms. The summed E-state index contributed by atoms with van der Waals surface area (Å²) in [7, 11) is 2.46. The van der Waals surface area contributed by atoms with Gasteiger partial charge in [0.2, 0.25) is 0 Å². The van der Waals surface area contributed by atoms with Crippen LogP contribution in [0.5, 0.6) is 0 Å². The number of methoxy groups -OCH3 is 2. The van der Waals surface area contributed by atoms with Crippen LogP contribution < -0.4 is 5.73 Å². The van der Waals surface area contributed by atoms with Gasteiger partial charge in [0.25, 0.3) is 0 Å². The number of pyridine rings is 1. The average Bonchev–Trinajstić information content (AvgIpc) is 3.22. The highest BCUT2D eigenvalue weighted by Crippen LogP contribution is 2.36. The van der Waals surface area contributed by atoms with Gasteiger partial charge in [-0.3, -0.25) is 19.1 Å². The molecule has 0 bridgehead atoms. The first-order valence-electron chi connectivity index (χ1n) is 11.0. The molecule has 4 rings (SSSR count). The number of imidazole rings is 1. The van der Waals surface area contributed by atoms with Gasteiger partial charge in [-0.1, -0.05) is 35.3 Å². The smallest absolute Gasteiger partial charge is 0.320 e. The van der Waals surface area contributed by atoms with Crippen molar-refractivity contribution in [2.24, 2.45) is 5.92 Å². The zero-order valence-electron chi connectivity index (χ0n) is 19.9. The highest BCUT2D eigenvalue weighted by molar-refractivity contribution is 6.42. The van der Waals surface area contributed by atoms with Crippen molar-refractivity contribution in [1.82, 2.24) is 14.5 Å². The van der Waals surface area contributed by atoms with Gasteiger partial charge in [0.1, 0.15) is 11.3 Å². The van der Waals surface area contributed by atoms with E-state index in [1.807, 2.05) is 41.8 Å². The Bertz CT molecular complexity index is 1420. The molecule has 8 nitrogen and oxygen atoms in total. The second-order valence-corrected chi connectivity index (χ2v) is 9.06. The molecule has 0 radical (unpaired) electrons. The van der Waals surface area contributed by atoms with E-state index in [4.69, 9.17) is 38.4 Å². The zero-order valence-corrected chi connectivity index (χ0v) is 21.4. The average molecular weight is 527 g/mol. The molecule has 2 aromatic carbocycles. The molecule has 0 amide bonds. The number of anilines is 1. The lowest BCUT2D eigenvalue weighted by Gasteiger charge is -2.25. The molecule has 10 heteroatoms. The van der Waals surface area contributed by atoms with Crippen LogP contribution in [0, 0.1) is 12.8 Å². The largest absolute Gasteiger partial charge is 0.468 e. The SMILES string of the molecule is COC(=O)C(C(=O)OC)C(Cc1cc(Cl)c(Cl)cc1N)c1ccc(-n2c(C)nc3cnccc32)cc1. The van der Waals surface area contributed by atoms with Crippen LogP contribution in [0.3, 0.4) is 0 Å². The maximum atomic E-state index is 12.7. The molecular formula is C26H24Cl2N4O4. The summed E-state index contributed by atoms with van der Waals surface area (Å²) in [6, 6.07) is 12.6. The summed E-state index contributed by atoms with van der Waals surface area (Å²) in [6.45, 7) is 1.91. The van der Waals surface area contributed by atoms with Crippen molar-refractivity contribution in [3.63, 3.8) is 0 Å². The van der Waals surface area contributed by atoms with E-state index in [-0.39, 0.29) is 6.42 Å². The molecule has 2 heterocycles. The molecule has 1 atom stereocenters. The minimum Gasteiger partial charge on any atom is -0.468 e. The van der Waals surface area contributed by atoms with E-state index in [0.29, 0.717) is 26.9 Å². The lowest BCUT2D eigenvalue weighted by Crippen LogP contribution is -2.33. The van der Waals surface area contributed by atoms with Gasteiger partial charge in [-0.05, 0) is 54.8 Å². The second-order valence-electron chi connectivity index (χ2n) is 8.25. The first-order valence-corrected chi connectivity index (χ1v) is 11.8. The van der Waals surface area contributed by atoms with Gasteiger partial charge in [0.15, 0.2) is 5.92 Å². The van der Waals surface area contributed by atoms with Gasteiger partial charge in [0, 0.05) is 23.5 Å². The van der Waals surface area contributed by atoms with E-state index >= 15 is 0 Å². The highest BCUT2D eigenvalue weighted by Gasteiger charge is 2.38. The number of hydrogen-bond donors (Lipinski definition) is 1. The Morgan fingerprint density at radius 3 is 2.31 bits per heavy atom. The Labute approximate surface area is 218 Å². The number of nitrogen functional groups attached to an aromatic ring is 1. The molecule has 0 aliphatic carbocycles. The van der Waals surface area contributed by atoms with E-state index in [1.54, 1.807) is 24.5 Å². The summed E-state index contributed by atoms with van der Waals surface area (Å²) in [6.07, 6.45) is 3.64. The van der Waals surface area contributed by atoms with E-state index in [2.05, 4.69) is 9.97 Å². The molecule has 1 unspecified atom stereocenters. The van der Waals surface area contributed by atoms with Crippen LogP contribution in [0.2, 0.25) is 10.0 Å². The number of esters is 2. The lowest BCUT2D eigenvalue weighted by atomic mass is 9.81. The fraction of sp³-hybridized carbons (Fsp3) is 0.231. The third-order valence-electron chi connectivity index (χ3n) is 6.14. The van der Waals surface area contributed by atoms with E-state index in [1.165, 1.54) is 14.2 Å². The molecule has 0 fully saturated rings. The first-order chi connectivity index (χ1) is 17.2. The Kier molecular flexibility index (Phi) is 7.47. The number of aryl methyl sites for hydroxylation is 1. The minimum absolute atomic E-state index is 0.218. The molecular weight excluding hydrogens is 503 g/mol. The zero-order chi connectivity index (χ0) is 26.0. The Morgan fingerprint density at radius 2 is 1.67 bits per heavy atom. The van der Waals surface area contributed by atoms with Crippen molar-refractivity contribution in [3.05, 3.63) is 81.9 Å². The number of carbonyl (C=O) groups is 2. The number of benzene rings is 2. The molecule has 2 N–H and O–H groups in total. The van der Waals surface area contributed by atoms with Gasteiger partial charge in [-0.15, -0.1) is 0 Å². The maximum Gasteiger partial charge on any atom is 0.320 e. The van der Waals surface area contributed by atoms with E-state index < -0.39 is 23.8 Å². The van der Waals surface area contributed by atoms with Gasteiger partial charge in [-0.2, -0.15) is 0 Å². The van der Waals surface area contributed by atoms with E-state index in [0.717, 1.165) is 22.5 Å². The topological polar surface area (TPSA) is 109 Å². The molecule has 186 valence electrons. The molecule has 0 saturated heterocycles. The summed E-state index contributed by atoms with van der Waals surface area (Å²) in [5.41, 5.74) is 10.5. The molecule has 36 heavy (non-hydrogen) atoms. The standard InChI is InChI=1S/C26H24Cl2N4O4/c1-14-31-22-13-30-9-8-23(22)32(14)17-6-4-15(5-7-17)18(24(25(33)35-2)26(34)36-3)10-16-11-19(27)20(28)12-21(16)29/h4-9,11-13,18,24H,10,29H2,1-3H3. The number of carbonyl (C=O) groups excluding carboxylic acids is 2. The van der Waals surface area contributed by atoms with Crippen LogP contribution in [-0.2, 0) is 25.5 Å². The van der Waals surface area contributed by atoms with Crippen molar-refractivity contribution >= 4 is 51.9 Å². The summed E-state index contributed by atoms with van der Waals surface area (Å²) in [4.78, 5) is 34.2. The number of aromatic nitrogens is 3. The Morgan fingerprint density at radius 1 is 1.03 bits per heavy atom. The molecule has 4 aromatic rings. The Hall–Kier alpha value is -3.62. The summed E-state index contributed by atoms with van der Waals surface area (Å²) in [5.74, 6) is -2.49. The number of ether oxygens (including phenoxy) is 2. The first kappa shape index (κ1) is 25.5. The number of nitrogens with zero attached hydrogens (tertiary/aromatic N) is 3. The molecule has 0 aliphatic heterocycles. The van der Waals surface area contributed by atoms with Crippen molar-refractivity contribution < 1.29 is 19.1 Å². The summed E-state index contributed by atoms with van der Waals surface area (Å²) >= 11 is 12.3. The van der Waals surface area contributed by atoms with Crippen LogP contribution in [0.25, 0.3) is 16.7 Å². The van der Waals surface area contributed by atoms with Crippen LogP contribution in [0.4, 0.5) is 5.69 Å². The fourth-order valence-electron chi connectivity index (χ4n) is 4.37. The van der Waals surface area contributed by atoms with Crippen molar-refractivity contribution in [2.45, 2.75) is 19.3 Å². The second kappa shape index (κ2) is 10.6. The number of hydrogen-bond acceptors (Lipinski definition) is 7. The third kappa shape index (κ3) is 4.87. The van der Waals surface area contributed by atoms with Gasteiger partial charge in [0.05, 0.1) is 36.0 Å². The Balaban J connectivity index is 1.80. The predicted molar refractivity (Wildman–Crippen MR) is 138 cm³/mol. The van der Waals surface area contributed by atoms with Crippen molar-refractivity contribution in [1.29, 1.82) is 0 Å².